The molecule has 11 nitrogen and oxygen atoms in total. The van der Waals surface area contributed by atoms with Gasteiger partial charge in [0.25, 0.3) is 0 Å². The Kier molecular flexibility index (Phi) is 6.85. The molecule has 4 rings (SSSR count). The Balaban J connectivity index is 1.38. The van der Waals surface area contributed by atoms with E-state index in [1.54, 1.807) is 23.7 Å². The van der Waals surface area contributed by atoms with E-state index in [-0.39, 0.29) is 30.7 Å². The number of benzene rings is 1. The fourth-order valence-electron chi connectivity index (χ4n) is 5.40. The molecule has 2 fully saturated rings. The molecular weight excluding hydrogens is 440 g/mol. The maximum atomic E-state index is 12.9. The minimum atomic E-state index is -0.694. The van der Waals surface area contributed by atoms with Crippen LogP contribution in [0.4, 0.5) is 9.59 Å². The minimum absolute atomic E-state index is 0.0802. The van der Waals surface area contributed by atoms with Crippen LogP contribution in [0.5, 0.6) is 0 Å². The van der Waals surface area contributed by atoms with E-state index in [1.807, 2.05) is 26.0 Å². The number of aliphatic hydroxyl groups excluding tert-OH is 1. The maximum Gasteiger partial charge on any atom is 0.432 e. The third-order valence-electron chi connectivity index (χ3n) is 6.92. The van der Waals surface area contributed by atoms with Crippen molar-refractivity contribution in [2.45, 2.75) is 69.8 Å². The molecule has 34 heavy (non-hydrogen) atoms. The van der Waals surface area contributed by atoms with Crippen molar-refractivity contribution in [3.05, 3.63) is 34.7 Å². The number of carbonyl (C=O) groups is 2. The first-order chi connectivity index (χ1) is 16.2. The maximum absolute atomic E-state index is 12.9. The third kappa shape index (κ3) is 4.76. The summed E-state index contributed by atoms with van der Waals surface area (Å²) in [4.78, 5) is 45.9. The van der Waals surface area contributed by atoms with Crippen molar-refractivity contribution in [2.24, 2.45) is 5.73 Å². The van der Waals surface area contributed by atoms with Crippen LogP contribution in [0.25, 0.3) is 11.0 Å². The standard InChI is InChI=1S/C23H34N6O5/c1-14(2)28-19-6-4-5-7-20(19)29(23(28)33)34-22(32)25-15-10-16-8-9-17(11-15)27(16)13-18(30)12-26(3)21(24)31/h4-7,14-18,30H,8-13H2,1-3H3,(H2,24,31)(H,25,32)/t15?,16-,17+,18?. The molecule has 2 aliphatic rings. The lowest BCUT2D eigenvalue weighted by Crippen LogP contribution is -2.54. The number of primary amides is 1. The van der Waals surface area contributed by atoms with Crippen molar-refractivity contribution in [3.8, 4) is 0 Å². The number of hydrogen-bond donors (Lipinski definition) is 3. The van der Waals surface area contributed by atoms with Gasteiger partial charge in [-0.3, -0.25) is 9.47 Å². The van der Waals surface area contributed by atoms with E-state index >= 15 is 0 Å². The molecule has 4 N–H and O–H groups in total. The predicted molar refractivity (Wildman–Crippen MR) is 126 cm³/mol. The Labute approximate surface area is 198 Å². The third-order valence-corrected chi connectivity index (χ3v) is 6.92. The van der Waals surface area contributed by atoms with Crippen LogP contribution in [-0.4, -0.2) is 80.7 Å². The minimum Gasteiger partial charge on any atom is -0.390 e. The van der Waals surface area contributed by atoms with Gasteiger partial charge < -0.3 is 25.9 Å². The SMILES string of the molecule is CC(C)n1c(=O)n(OC(=O)NC2C[C@H]3CC[C@@H](C2)N3CC(O)CN(C)C(N)=O)c2ccccc21. The molecule has 0 spiro atoms. The van der Waals surface area contributed by atoms with E-state index < -0.39 is 23.9 Å². The first-order valence-corrected chi connectivity index (χ1v) is 11.8. The molecule has 2 bridgehead atoms. The topological polar surface area (TPSA) is 135 Å². The average molecular weight is 475 g/mol. The molecule has 3 heterocycles. The van der Waals surface area contributed by atoms with Crippen LogP contribution in [0.2, 0.25) is 0 Å². The number of piperidine rings is 1. The van der Waals surface area contributed by atoms with Crippen molar-refractivity contribution in [1.82, 2.24) is 24.4 Å². The fraction of sp³-hybridized carbons (Fsp3) is 0.609. The summed E-state index contributed by atoms with van der Waals surface area (Å²) in [5.41, 5.74) is 6.11. The zero-order chi connectivity index (χ0) is 24.6. The molecule has 0 radical (unpaired) electrons. The lowest BCUT2D eigenvalue weighted by Gasteiger charge is -2.40. The number of aliphatic hydroxyl groups is 1. The Hall–Kier alpha value is -3.05. The van der Waals surface area contributed by atoms with Crippen molar-refractivity contribution in [1.29, 1.82) is 0 Å². The molecule has 1 aromatic carbocycles. The number of hydrogen-bond acceptors (Lipinski definition) is 6. The lowest BCUT2D eigenvalue weighted by molar-refractivity contribution is 0.0409. The van der Waals surface area contributed by atoms with Crippen LogP contribution in [0.15, 0.2) is 29.1 Å². The number of urea groups is 1. The molecule has 2 aromatic rings. The van der Waals surface area contributed by atoms with Crippen LogP contribution in [0.1, 0.15) is 45.6 Å². The van der Waals surface area contributed by atoms with Crippen molar-refractivity contribution < 1.29 is 19.5 Å². The van der Waals surface area contributed by atoms with Gasteiger partial charge in [0.2, 0.25) is 0 Å². The number of likely N-dealkylation sites (N-methyl/N-ethyl adjacent to an activating group) is 1. The van der Waals surface area contributed by atoms with Gasteiger partial charge in [-0.2, -0.15) is 0 Å². The van der Waals surface area contributed by atoms with E-state index in [1.165, 1.54) is 4.90 Å². The number of nitrogens with one attached hydrogen (secondary N) is 1. The van der Waals surface area contributed by atoms with Gasteiger partial charge in [0.15, 0.2) is 0 Å². The predicted octanol–water partition coefficient (Wildman–Crippen LogP) is 0.889. The summed E-state index contributed by atoms with van der Waals surface area (Å²) in [5, 5.41) is 13.3. The monoisotopic (exact) mass is 474 g/mol. The van der Waals surface area contributed by atoms with Crippen LogP contribution < -0.4 is 21.6 Å². The first-order valence-electron chi connectivity index (χ1n) is 11.8. The van der Waals surface area contributed by atoms with Gasteiger partial charge in [0.05, 0.1) is 11.6 Å². The van der Waals surface area contributed by atoms with Crippen LogP contribution in [-0.2, 0) is 0 Å². The quantitative estimate of drug-likeness (QED) is 0.545. The number of aromatic nitrogens is 2. The Morgan fingerprint density at radius 2 is 1.82 bits per heavy atom. The van der Waals surface area contributed by atoms with E-state index in [0.717, 1.165) is 30.4 Å². The molecule has 0 saturated carbocycles. The normalized spacial score (nSPS) is 23.3. The number of nitrogens with two attached hydrogens (primary N) is 1. The van der Waals surface area contributed by atoms with Crippen molar-refractivity contribution in [2.75, 3.05) is 20.1 Å². The number of imidazole rings is 1. The number of rotatable bonds is 7. The van der Waals surface area contributed by atoms with Gasteiger partial charge in [0, 0.05) is 44.3 Å². The van der Waals surface area contributed by atoms with E-state index in [9.17, 15) is 19.5 Å². The molecule has 2 aliphatic heterocycles. The van der Waals surface area contributed by atoms with Gasteiger partial charge in [-0.15, -0.1) is 4.73 Å². The molecular formula is C23H34N6O5. The van der Waals surface area contributed by atoms with E-state index in [0.29, 0.717) is 17.6 Å². The summed E-state index contributed by atoms with van der Waals surface area (Å²) >= 11 is 0. The Bertz CT molecular complexity index is 1100. The molecule has 0 aliphatic carbocycles. The second kappa shape index (κ2) is 9.67. The zero-order valence-corrected chi connectivity index (χ0v) is 19.9. The molecule has 4 atom stereocenters. The number of nitrogens with zero attached hydrogens (tertiary/aromatic N) is 4. The van der Waals surface area contributed by atoms with Crippen molar-refractivity contribution in [3.63, 3.8) is 0 Å². The van der Waals surface area contributed by atoms with Crippen LogP contribution >= 0.6 is 0 Å². The summed E-state index contributed by atoms with van der Waals surface area (Å²) in [7, 11) is 1.56. The largest absolute Gasteiger partial charge is 0.432 e. The van der Waals surface area contributed by atoms with E-state index in [2.05, 4.69) is 10.2 Å². The highest BCUT2D eigenvalue weighted by molar-refractivity contribution is 5.77. The number of fused-ring (bicyclic) bond motifs is 3. The van der Waals surface area contributed by atoms with Crippen LogP contribution in [0, 0.1) is 0 Å². The van der Waals surface area contributed by atoms with Crippen LogP contribution in [0.3, 0.4) is 0 Å². The second-order valence-electron chi connectivity index (χ2n) is 9.68. The van der Waals surface area contributed by atoms with Gasteiger partial charge >= 0.3 is 17.8 Å². The molecule has 186 valence electrons. The Morgan fingerprint density at radius 1 is 1.21 bits per heavy atom. The molecule has 2 saturated heterocycles. The molecule has 11 heteroatoms. The van der Waals surface area contributed by atoms with Gasteiger partial charge in [0.1, 0.15) is 5.52 Å². The zero-order valence-electron chi connectivity index (χ0n) is 19.9. The van der Waals surface area contributed by atoms with Gasteiger partial charge in [-0.1, -0.05) is 12.1 Å². The highest BCUT2D eigenvalue weighted by Crippen LogP contribution is 2.35. The van der Waals surface area contributed by atoms with E-state index in [4.69, 9.17) is 10.6 Å². The fourth-order valence-corrected chi connectivity index (χ4v) is 5.40. The highest BCUT2D eigenvalue weighted by Gasteiger charge is 2.42. The number of para-hydroxylation sites is 2. The highest BCUT2D eigenvalue weighted by atomic mass is 16.7. The number of carbonyl (C=O) groups excluding carboxylic acids is 2. The lowest BCUT2D eigenvalue weighted by atomic mass is 9.97. The summed E-state index contributed by atoms with van der Waals surface area (Å²) in [6.07, 6.45) is 2.07. The smallest absolute Gasteiger partial charge is 0.390 e. The second-order valence-corrected chi connectivity index (χ2v) is 9.68. The van der Waals surface area contributed by atoms with Gasteiger partial charge in [-0.05, 0) is 51.7 Å². The summed E-state index contributed by atoms with van der Waals surface area (Å²) in [6.45, 7) is 4.45. The average Bonchev–Trinajstić information content (AvgIpc) is 3.16. The summed E-state index contributed by atoms with van der Waals surface area (Å²) in [6, 6.07) is 6.94. The Morgan fingerprint density at radius 3 is 2.41 bits per heavy atom. The van der Waals surface area contributed by atoms with Crippen molar-refractivity contribution >= 4 is 23.2 Å². The molecule has 1 aromatic heterocycles. The molecule has 2 unspecified atom stereocenters. The summed E-state index contributed by atoms with van der Waals surface area (Å²) < 4.78 is 2.66. The molecule has 3 amide bonds. The first kappa shape index (κ1) is 24.1. The van der Waals surface area contributed by atoms with Gasteiger partial charge in [-0.25, -0.2) is 14.4 Å². The summed E-state index contributed by atoms with van der Waals surface area (Å²) in [5.74, 6) is 0. The number of amides is 3.